The second-order valence-corrected chi connectivity index (χ2v) is 11.5. The predicted octanol–water partition coefficient (Wildman–Crippen LogP) is -7.73. The summed E-state index contributed by atoms with van der Waals surface area (Å²) < 4.78 is 69.1. The molecule has 0 unspecified atom stereocenters. The first-order valence-corrected chi connectivity index (χ1v) is 14.1. The summed E-state index contributed by atoms with van der Waals surface area (Å²) in [4.78, 5) is -0.0986. The molecule has 0 amide bonds. The van der Waals surface area contributed by atoms with Crippen LogP contribution >= 0.6 is 24.1 Å². The number of sulfone groups is 1. The number of hydrogen-bond donors (Lipinski definition) is 2. The van der Waals surface area contributed by atoms with E-state index >= 15 is 0 Å². The minimum absolute atomic E-state index is 0. The Morgan fingerprint density at radius 1 is 0.902 bits per heavy atom. The number of aromatic hydroxyl groups is 1. The van der Waals surface area contributed by atoms with Crippen molar-refractivity contribution in [1.82, 2.24) is 0 Å². The molecular weight excluding hydrogens is 663 g/mol. The number of fused-ring (bicyclic) bond motifs is 1. The first-order chi connectivity index (χ1) is 17.9. The molecule has 41 heavy (non-hydrogen) atoms. The van der Waals surface area contributed by atoms with E-state index in [-0.39, 0.29) is 127 Å². The third-order valence-electron chi connectivity index (χ3n) is 4.51. The number of hydrogen-bond acceptors (Lipinski definition) is 18. The molecule has 3 aromatic carbocycles. The molecule has 16 nitrogen and oxygen atoms in total. The molecule has 3 N–H and O–H groups in total. The third kappa shape index (κ3) is 12.4. The smallest absolute Gasteiger partial charge is 0.726 e. The Balaban J connectivity index is 0.00000533. The fourth-order valence-electron chi connectivity index (χ4n) is 2.98. The summed E-state index contributed by atoms with van der Waals surface area (Å²) in [6.45, 7) is -0.918. The Morgan fingerprint density at radius 3 is 2.20 bits per heavy atom. The molecule has 0 atom stereocenters. The zero-order chi connectivity index (χ0) is 27.9. The molecule has 0 bridgehead atoms. The molecule has 3 aromatic rings. The largest absolute Gasteiger partial charge is 1.00 e. The maximum absolute atomic E-state index is 12.5. The van der Waals surface area contributed by atoms with Crippen LogP contribution in [0.25, 0.3) is 10.8 Å². The van der Waals surface area contributed by atoms with Crippen molar-refractivity contribution in [2.24, 2.45) is 10.2 Å². The quantitative estimate of drug-likeness (QED) is 0.0249. The van der Waals surface area contributed by atoms with Crippen LogP contribution in [-0.2, 0) is 43.2 Å². The molecule has 0 fully saturated rings. The monoisotopic (exact) mass is 677 g/mol. The number of benzene rings is 3. The summed E-state index contributed by atoms with van der Waals surface area (Å²) in [7, 11) is -9.24. The van der Waals surface area contributed by atoms with Crippen molar-refractivity contribution in [3.8, 4) is 5.75 Å². The first-order valence-electron chi connectivity index (χ1n) is 9.65. The molecule has 0 saturated heterocycles. The van der Waals surface area contributed by atoms with Gasteiger partial charge in [-0.2, -0.15) is 8.67 Å². The average molecular weight is 678 g/mol. The topological polar surface area (TPSA) is 255 Å². The van der Waals surface area contributed by atoms with Gasteiger partial charge in [0, 0.05) is 4.90 Å². The van der Waals surface area contributed by atoms with Crippen molar-refractivity contribution in [2.75, 3.05) is 18.1 Å². The van der Waals surface area contributed by atoms with Crippen molar-refractivity contribution < 1.29 is 149 Å². The van der Waals surface area contributed by atoms with Gasteiger partial charge in [-0.05, 0) is 41.8 Å². The Kier molecular flexibility index (Phi) is 19.2. The second-order valence-electron chi connectivity index (χ2n) is 6.86. The van der Waals surface area contributed by atoms with E-state index in [1.807, 2.05) is 0 Å². The van der Waals surface area contributed by atoms with Gasteiger partial charge in [-0.25, -0.2) is 16.8 Å². The Morgan fingerprint density at radius 2 is 1.56 bits per heavy atom. The zero-order valence-electron chi connectivity index (χ0n) is 21.4. The molecule has 206 valence electrons. The first kappa shape index (κ1) is 41.4. The standard InChI is InChI=1S/C18H17N3O13S4.3Na/c19-13-3-1-10-7-11(35-33-31-23)8-15(22)17(10)18(13)21-20-14-4-2-12(9-16(14)36-34-32-24)37(25,26)6-5-30-38(27,28)29;;;/h1-4,7-9,22-24H,5-6,19H2,(H,27,28,29);;;/q;3*+1/p-3. The molecule has 0 saturated carbocycles. The normalized spacial score (nSPS) is 11.6. The van der Waals surface area contributed by atoms with E-state index in [1.54, 1.807) is 12.1 Å². The van der Waals surface area contributed by atoms with Gasteiger partial charge in [-0.3, -0.25) is 14.3 Å². The van der Waals surface area contributed by atoms with Crippen LogP contribution in [0.15, 0.2) is 67.4 Å². The molecule has 0 aliphatic rings. The van der Waals surface area contributed by atoms with Crippen LogP contribution < -0.4 is 105 Å². The van der Waals surface area contributed by atoms with Gasteiger partial charge < -0.3 is 25.9 Å². The zero-order valence-corrected chi connectivity index (χ0v) is 30.7. The number of phenols is 1. The molecular formula is C18H14N3Na3O13S4. The number of anilines is 1. The van der Waals surface area contributed by atoms with Crippen LogP contribution in [0, 0.1) is 0 Å². The molecule has 0 heterocycles. The van der Waals surface area contributed by atoms with Crippen molar-refractivity contribution in [3.05, 3.63) is 42.5 Å². The van der Waals surface area contributed by atoms with Crippen LogP contribution in [-0.4, -0.2) is 38.9 Å². The Labute approximate surface area is 308 Å². The average Bonchev–Trinajstić information content (AvgIpc) is 2.85. The number of nitrogen functional groups attached to an aromatic ring is 1. The van der Waals surface area contributed by atoms with Gasteiger partial charge in [-0.15, -0.1) is 10.2 Å². The number of nitrogens with two attached hydrogens (primary N) is 1. The van der Waals surface area contributed by atoms with Crippen LogP contribution in [0.2, 0.25) is 0 Å². The number of nitrogens with zero attached hydrogens (tertiary/aromatic N) is 2. The van der Waals surface area contributed by atoms with Crippen LogP contribution in [0.5, 0.6) is 5.75 Å². The third-order valence-corrected chi connectivity index (χ3v) is 7.83. The van der Waals surface area contributed by atoms with Gasteiger partial charge in [0.15, 0.2) is 9.84 Å². The van der Waals surface area contributed by atoms with Crippen LogP contribution in [0.4, 0.5) is 17.1 Å². The minimum atomic E-state index is -5.09. The SMILES string of the molecule is Nc1ccc2cc(SOO[O-])cc(O)c2c1N=Nc1ccc(S(=O)(=O)CCOS(=O)(=O)[O-])cc1SOO[O-].[Na+].[Na+].[Na+]. The fourth-order valence-corrected chi connectivity index (χ4v) is 5.47. The molecule has 0 aromatic heterocycles. The minimum Gasteiger partial charge on any atom is -0.726 e. The van der Waals surface area contributed by atoms with Gasteiger partial charge in [-0.1, -0.05) is 6.07 Å². The van der Waals surface area contributed by atoms with Crippen molar-refractivity contribution in [3.63, 3.8) is 0 Å². The van der Waals surface area contributed by atoms with Crippen LogP contribution in [0.1, 0.15) is 0 Å². The van der Waals surface area contributed by atoms with Crippen molar-refractivity contribution in [2.45, 2.75) is 14.7 Å². The van der Waals surface area contributed by atoms with Gasteiger partial charge >= 0.3 is 88.7 Å². The Bertz CT molecular complexity index is 1560. The van der Waals surface area contributed by atoms with E-state index in [0.717, 1.165) is 12.1 Å². The summed E-state index contributed by atoms with van der Waals surface area (Å²) >= 11 is 0.849. The van der Waals surface area contributed by atoms with E-state index < -0.39 is 32.6 Å². The summed E-state index contributed by atoms with van der Waals surface area (Å²) in [5.74, 6) is -1.14. The predicted molar refractivity (Wildman–Crippen MR) is 124 cm³/mol. The summed E-state index contributed by atoms with van der Waals surface area (Å²) in [6, 6.07) is 9.15. The van der Waals surface area contributed by atoms with Crippen LogP contribution in [0.3, 0.4) is 0 Å². The van der Waals surface area contributed by atoms with Crippen molar-refractivity contribution >= 4 is 72.2 Å². The summed E-state index contributed by atoms with van der Waals surface area (Å²) in [5.41, 5.74) is 6.13. The molecule has 0 aliphatic carbocycles. The van der Waals surface area contributed by atoms with Gasteiger partial charge in [0.1, 0.15) is 17.1 Å². The molecule has 0 spiro atoms. The number of rotatable bonds is 13. The molecule has 0 aliphatic heterocycles. The van der Waals surface area contributed by atoms with E-state index in [4.69, 9.17) is 5.73 Å². The maximum Gasteiger partial charge on any atom is 1.00 e. The van der Waals surface area contributed by atoms with Gasteiger partial charge in [0.25, 0.3) is 0 Å². The fraction of sp³-hybridized carbons (Fsp3) is 0.111. The van der Waals surface area contributed by atoms with E-state index in [2.05, 4.69) is 33.2 Å². The summed E-state index contributed by atoms with van der Waals surface area (Å²) in [6.07, 6.45) is 0. The number of phenolic OH excluding ortho intramolecular Hbond substituents is 1. The maximum atomic E-state index is 12.5. The van der Waals surface area contributed by atoms with Gasteiger partial charge in [0.2, 0.25) is 10.4 Å². The molecule has 23 heteroatoms. The molecule has 3 rings (SSSR count). The summed E-state index contributed by atoms with van der Waals surface area (Å²) in [5, 5.41) is 46.2. The van der Waals surface area contributed by atoms with Crippen molar-refractivity contribution in [1.29, 1.82) is 0 Å². The second kappa shape index (κ2) is 19.0. The number of azo groups is 1. The van der Waals surface area contributed by atoms with E-state index in [0.29, 0.717) is 34.4 Å². The van der Waals surface area contributed by atoms with E-state index in [9.17, 15) is 37.0 Å². The Hall–Kier alpha value is 0.400. The van der Waals surface area contributed by atoms with E-state index in [1.165, 1.54) is 18.2 Å². The molecule has 0 radical (unpaired) electrons. The van der Waals surface area contributed by atoms with Gasteiger partial charge in [0.05, 0.1) is 57.3 Å².